The van der Waals surface area contributed by atoms with Gasteiger partial charge in [0.05, 0.1) is 6.10 Å². The van der Waals surface area contributed by atoms with E-state index in [0.29, 0.717) is 0 Å². The van der Waals surface area contributed by atoms with E-state index in [9.17, 15) is 4.79 Å². The fourth-order valence-electron chi connectivity index (χ4n) is 1.21. The maximum absolute atomic E-state index is 11.8. The Morgan fingerprint density at radius 3 is 2.73 bits per heavy atom. The van der Waals surface area contributed by atoms with Gasteiger partial charge in [0, 0.05) is 10.0 Å². The summed E-state index contributed by atoms with van der Waals surface area (Å²) in [6.07, 6.45) is 0.0846. The molecule has 0 unspecified atom stereocenters. The summed E-state index contributed by atoms with van der Waals surface area (Å²) < 4.78 is 6.21. The van der Waals surface area contributed by atoms with Crippen LogP contribution in [0.25, 0.3) is 0 Å². The lowest BCUT2D eigenvalue weighted by atomic mass is 10.1. The molecule has 0 radical (unpaired) electrons. The van der Waals surface area contributed by atoms with Crippen molar-refractivity contribution in [2.45, 2.75) is 26.9 Å². The highest BCUT2D eigenvalue weighted by molar-refractivity contribution is 9.10. The number of benzene rings is 1. The van der Waals surface area contributed by atoms with Gasteiger partial charge in [-0.2, -0.15) is 0 Å². The second kappa shape index (κ2) is 5.42. The van der Waals surface area contributed by atoms with Crippen molar-refractivity contribution in [3.05, 3.63) is 33.8 Å². The fraction of sp³-hybridized carbons (Fsp3) is 0.417. The molecule has 0 saturated heterocycles. The number of hydrogen-bond acceptors (Lipinski definition) is 2. The van der Waals surface area contributed by atoms with Gasteiger partial charge in [-0.3, -0.25) is 4.79 Å². The van der Waals surface area contributed by atoms with Gasteiger partial charge < -0.3 is 4.74 Å². The molecule has 0 aliphatic carbocycles. The summed E-state index contributed by atoms with van der Waals surface area (Å²) in [5.74, 6) is 0.0301. The first-order valence-electron chi connectivity index (χ1n) is 4.91. The summed E-state index contributed by atoms with van der Waals surface area (Å²) in [4.78, 5) is 11.8. The summed E-state index contributed by atoms with van der Waals surface area (Å²) >= 11 is 3.35. The van der Waals surface area contributed by atoms with Gasteiger partial charge in [0.15, 0.2) is 5.78 Å². The molecule has 0 heterocycles. The maximum Gasteiger partial charge on any atom is 0.188 e. The van der Waals surface area contributed by atoms with E-state index in [-0.39, 0.29) is 18.5 Å². The third-order valence-electron chi connectivity index (χ3n) is 2.05. The minimum absolute atomic E-state index is 0.0301. The van der Waals surface area contributed by atoms with Crippen LogP contribution in [0.15, 0.2) is 22.7 Å². The first kappa shape index (κ1) is 12.4. The first-order valence-corrected chi connectivity index (χ1v) is 5.71. The van der Waals surface area contributed by atoms with Crippen LogP contribution in [0.4, 0.5) is 0 Å². The molecule has 0 fully saturated rings. The molecule has 15 heavy (non-hydrogen) atoms. The topological polar surface area (TPSA) is 26.3 Å². The van der Waals surface area contributed by atoms with E-state index >= 15 is 0 Å². The lowest BCUT2D eigenvalue weighted by Crippen LogP contribution is -2.14. The average molecular weight is 271 g/mol. The molecule has 0 N–H and O–H groups in total. The largest absolute Gasteiger partial charge is 0.371 e. The van der Waals surface area contributed by atoms with Crippen LogP contribution in [-0.2, 0) is 4.74 Å². The van der Waals surface area contributed by atoms with Gasteiger partial charge in [-0.1, -0.05) is 22.0 Å². The number of rotatable bonds is 4. The zero-order valence-corrected chi connectivity index (χ0v) is 10.8. The molecule has 0 amide bonds. The number of aryl methyl sites for hydroxylation is 1. The van der Waals surface area contributed by atoms with Crippen molar-refractivity contribution in [2.24, 2.45) is 0 Å². The van der Waals surface area contributed by atoms with E-state index in [2.05, 4.69) is 15.9 Å². The van der Waals surface area contributed by atoms with Gasteiger partial charge in [-0.05, 0) is 38.5 Å². The van der Waals surface area contributed by atoms with Gasteiger partial charge in [-0.15, -0.1) is 0 Å². The third-order valence-corrected chi connectivity index (χ3v) is 2.54. The third kappa shape index (κ3) is 3.76. The highest BCUT2D eigenvalue weighted by Gasteiger charge is 2.10. The van der Waals surface area contributed by atoms with Gasteiger partial charge in [0.2, 0.25) is 0 Å². The lowest BCUT2D eigenvalue weighted by Gasteiger charge is -2.08. The Morgan fingerprint density at radius 2 is 2.13 bits per heavy atom. The van der Waals surface area contributed by atoms with Gasteiger partial charge in [-0.25, -0.2) is 0 Å². The van der Waals surface area contributed by atoms with Crippen molar-refractivity contribution in [1.82, 2.24) is 0 Å². The molecule has 1 aromatic carbocycles. The van der Waals surface area contributed by atoms with Crippen LogP contribution >= 0.6 is 15.9 Å². The Kier molecular flexibility index (Phi) is 4.48. The van der Waals surface area contributed by atoms with E-state index in [1.165, 1.54) is 0 Å². The number of Topliss-reactive ketones (excluding diaryl/α,β-unsaturated/α-hetero) is 1. The molecule has 1 aromatic rings. The summed E-state index contributed by atoms with van der Waals surface area (Å²) in [6, 6.07) is 5.68. The Morgan fingerprint density at radius 1 is 1.47 bits per heavy atom. The highest BCUT2D eigenvalue weighted by Crippen LogP contribution is 2.16. The van der Waals surface area contributed by atoms with Crippen LogP contribution in [0, 0.1) is 6.92 Å². The monoisotopic (exact) mass is 270 g/mol. The summed E-state index contributed by atoms with van der Waals surface area (Å²) in [7, 11) is 0. The molecular formula is C12H15BrO2. The molecule has 0 bridgehead atoms. The highest BCUT2D eigenvalue weighted by atomic mass is 79.9. The van der Waals surface area contributed by atoms with Crippen LogP contribution in [0.1, 0.15) is 29.8 Å². The minimum atomic E-state index is 0.0301. The molecule has 82 valence electrons. The number of carbonyl (C=O) groups is 1. The summed E-state index contributed by atoms with van der Waals surface area (Å²) in [5, 5.41) is 0. The van der Waals surface area contributed by atoms with E-state index in [1.54, 1.807) is 0 Å². The number of ether oxygens (including phenoxy) is 1. The Labute approximate surface area is 98.8 Å². The van der Waals surface area contributed by atoms with Gasteiger partial charge >= 0.3 is 0 Å². The normalized spacial score (nSPS) is 10.7. The quantitative estimate of drug-likeness (QED) is 0.785. The molecule has 3 heteroatoms. The lowest BCUT2D eigenvalue weighted by molar-refractivity contribution is 0.0584. The molecule has 0 atom stereocenters. The van der Waals surface area contributed by atoms with Crippen molar-refractivity contribution < 1.29 is 9.53 Å². The smallest absolute Gasteiger partial charge is 0.188 e. The molecule has 0 aliphatic rings. The number of hydrogen-bond donors (Lipinski definition) is 0. The molecule has 0 saturated carbocycles. The van der Waals surface area contributed by atoms with E-state index < -0.39 is 0 Å². The Balaban J connectivity index is 2.77. The number of carbonyl (C=O) groups excluding carboxylic acids is 1. The van der Waals surface area contributed by atoms with Crippen LogP contribution < -0.4 is 0 Å². The van der Waals surface area contributed by atoms with Crippen LogP contribution in [0.3, 0.4) is 0 Å². The molecule has 2 nitrogen and oxygen atoms in total. The zero-order chi connectivity index (χ0) is 11.4. The molecule has 0 aromatic heterocycles. The van der Waals surface area contributed by atoms with E-state index in [4.69, 9.17) is 4.74 Å². The van der Waals surface area contributed by atoms with Crippen molar-refractivity contribution in [3.8, 4) is 0 Å². The summed E-state index contributed by atoms with van der Waals surface area (Å²) in [6.45, 7) is 5.91. The Bertz CT molecular complexity index is 359. The van der Waals surface area contributed by atoms with Crippen molar-refractivity contribution in [3.63, 3.8) is 0 Å². The summed E-state index contributed by atoms with van der Waals surface area (Å²) in [5.41, 5.74) is 1.71. The van der Waals surface area contributed by atoms with E-state index in [0.717, 1.165) is 15.6 Å². The first-order chi connectivity index (χ1) is 7.00. The second-order valence-electron chi connectivity index (χ2n) is 3.74. The van der Waals surface area contributed by atoms with Crippen LogP contribution in [-0.4, -0.2) is 18.5 Å². The van der Waals surface area contributed by atoms with Crippen molar-refractivity contribution >= 4 is 21.7 Å². The zero-order valence-electron chi connectivity index (χ0n) is 9.21. The predicted molar refractivity (Wildman–Crippen MR) is 64.3 cm³/mol. The molecule has 0 spiro atoms. The standard InChI is InChI=1S/C12H15BrO2/c1-8(2)15-7-12(14)11-6-10(13)5-4-9(11)3/h4-6,8H,7H2,1-3H3. The SMILES string of the molecule is Cc1ccc(Br)cc1C(=O)COC(C)C. The van der Waals surface area contributed by atoms with Gasteiger partial charge in [0.25, 0.3) is 0 Å². The number of halogens is 1. The van der Waals surface area contributed by atoms with Crippen LogP contribution in [0.2, 0.25) is 0 Å². The Hall–Kier alpha value is -0.670. The predicted octanol–water partition coefficient (Wildman–Crippen LogP) is 3.37. The fourth-order valence-corrected chi connectivity index (χ4v) is 1.58. The van der Waals surface area contributed by atoms with Gasteiger partial charge in [0.1, 0.15) is 6.61 Å². The minimum Gasteiger partial charge on any atom is -0.371 e. The second-order valence-corrected chi connectivity index (χ2v) is 4.66. The molecule has 1 rings (SSSR count). The molecular weight excluding hydrogens is 256 g/mol. The van der Waals surface area contributed by atoms with Crippen molar-refractivity contribution in [2.75, 3.05) is 6.61 Å². The number of ketones is 1. The molecule has 0 aliphatic heterocycles. The maximum atomic E-state index is 11.8. The van der Waals surface area contributed by atoms with E-state index in [1.807, 2.05) is 39.0 Å². The van der Waals surface area contributed by atoms with Crippen LogP contribution in [0.5, 0.6) is 0 Å². The van der Waals surface area contributed by atoms with Crippen molar-refractivity contribution in [1.29, 1.82) is 0 Å². The average Bonchev–Trinajstić information content (AvgIpc) is 2.18.